The quantitative estimate of drug-likeness (QED) is 0.489. The second-order valence-corrected chi connectivity index (χ2v) is 7.45. The van der Waals surface area contributed by atoms with Crippen LogP contribution in [-0.4, -0.2) is 19.7 Å². The number of aromatic nitrogens is 4. The third kappa shape index (κ3) is 2.51. The molecule has 3 aromatic rings. The van der Waals surface area contributed by atoms with E-state index >= 15 is 0 Å². The van der Waals surface area contributed by atoms with Crippen LogP contribution in [0.25, 0.3) is 16.9 Å². The molecule has 0 radical (unpaired) electrons. The van der Waals surface area contributed by atoms with E-state index in [2.05, 4.69) is 52.4 Å². The van der Waals surface area contributed by atoms with Crippen molar-refractivity contribution in [2.24, 2.45) is 5.41 Å². The van der Waals surface area contributed by atoms with E-state index in [9.17, 15) is 0 Å². The van der Waals surface area contributed by atoms with Crippen LogP contribution in [0.5, 0.6) is 0 Å². The van der Waals surface area contributed by atoms with Crippen molar-refractivity contribution in [3.8, 4) is 28.8 Å². The monoisotopic (exact) mass is 336 g/mol. The average Bonchev–Trinajstić information content (AvgIpc) is 3.10. The molecule has 0 aliphatic carbocycles. The predicted molar refractivity (Wildman–Crippen MR) is 95.3 cm³/mol. The number of benzene rings is 1. The van der Waals surface area contributed by atoms with Gasteiger partial charge >= 0.3 is 0 Å². The van der Waals surface area contributed by atoms with E-state index in [-0.39, 0.29) is 5.41 Å². The van der Waals surface area contributed by atoms with Gasteiger partial charge in [-0.25, -0.2) is 4.98 Å². The highest BCUT2D eigenvalue weighted by molar-refractivity contribution is 6.31. The lowest BCUT2D eigenvalue weighted by molar-refractivity contribution is 0.571. The van der Waals surface area contributed by atoms with Crippen molar-refractivity contribution in [1.29, 1.82) is 0 Å². The van der Waals surface area contributed by atoms with E-state index < -0.39 is 0 Å². The van der Waals surface area contributed by atoms with Crippen LogP contribution < -0.4 is 0 Å². The fraction of sp³-hybridized carbons (Fsp3) is 0.263. The van der Waals surface area contributed by atoms with Gasteiger partial charge in [0.1, 0.15) is 12.0 Å². The smallest absolute Gasteiger partial charge is 0.135 e. The number of nitrogens with one attached hydrogen (secondary N) is 1. The lowest BCUT2D eigenvalue weighted by Crippen LogP contribution is -2.02. The van der Waals surface area contributed by atoms with Crippen molar-refractivity contribution in [2.75, 3.05) is 0 Å². The van der Waals surface area contributed by atoms with Crippen LogP contribution in [0.4, 0.5) is 0 Å². The Kier molecular flexibility index (Phi) is 3.29. The Morgan fingerprint density at radius 1 is 1.29 bits per heavy atom. The summed E-state index contributed by atoms with van der Waals surface area (Å²) in [5.74, 6) is 6.52. The van der Waals surface area contributed by atoms with Gasteiger partial charge in [-0.2, -0.15) is 5.10 Å². The first kappa shape index (κ1) is 15.0. The minimum Gasteiger partial charge on any atom is -0.301 e. The summed E-state index contributed by atoms with van der Waals surface area (Å²) in [5.41, 5.74) is 6.03. The number of H-pyrrole nitrogens is 1. The SMILES string of the molecule is CC(C)(C)C#Cc1ncn2c1Cc1cn[nH]c1-c1cc(Cl)ccc1-2. The number of fused-ring (bicyclic) bond motifs is 5. The van der Waals surface area contributed by atoms with Gasteiger partial charge in [-0.3, -0.25) is 5.10 Å². The Balaban J connectivity index is 1.96. The average molecular weight is 337 g/mol. The number of hydrogen-bond acceptors (Lipinski definition) is 2. The van der Waals surface area contributed by atoms with Gasteiger partial charge < -0.3 is 4.57 Å². The van der Waals surface area contributed by atoms with Crippen molar-refractivity contribution in [1.82, 2.24) is 19.7 Å². The number of hydrogen-bond donors (Lipinski definition) is 1. The number of nitrogens with zero attached hydrogens (tertiary/aromatic N) is 3. The Labute approximate surface area is 145 Å². The van der Waals surface area contributed by atoms with Crippen LogP contribution in [0.2, 0.25) is 5.02 Å². The van der Waals surface area contributed by atoms with Crippen LogP contribution in [0.3, 0.4) is 0 Å². The molecule has 0 amide bonds. The summed E-state index contributed by atoms with van der Waals surface area (Å²) in [4.78, 5) is 4.55. The molecule has 0 unspecified atom stereocenters. The summed E-state index contributed by atoms with van der Waals surface area (Å²) in [7, 11) is 0. The molecule has 0 spiro atoms. The summed E-state index contributed by atoms with van der Waals surface area (Å²) in [6.07, 6.45) is 4.43. The van der Waals surface area contributed by atoms with E-state index in [0.29, 0.717) is 5.02 Å². The van der Waals surface area contributed by atoms with Crippen LogP contribution in [0.1, 0.15) is 37.7 Å². The van der Waals surface area contributed by atoms with Gasteiger partial charge in [-0.05, 0) is 44.9 Å². The van der Waals surface area contributed by atoms with Crippen LogP contribution in [0, 0.1) is 17.3 Å². The Bertz CT molecular complexity index is 993. The summed E-state index contributed by atoms with van der Waals surface area (Å²) in [6, 6.07) is 5.87. The van der Waals surface area contributed by atoms with Crippen LogP contribution >= 0.6 is 11.6 Å². The number of halogens is 1. The van der Waals surface area contributed by atoms with Crippen LogP contribution in [-0.2, 0) is 6.42 Å². The molecule has 1 aromatic carbocycles. The topological polar surface area (TPSA) is 46.5 Å². The predicted octanol–water partition coefficient (Wildman–Crippen LogP) is 4.22. The maximum atomic E-state index is 6.21. The molecular formula is C19H17ClN4. The largest absolute Gasteiger partial charge is 0.301 e. The van der Waals surface area contributed by atoms with Gasteiger partial charge in [0.05, 0.1) is 23.3 Å². The molecule has 0 saturated carbocycles. The Morgan fingerprint density at radius 2 is 2.12 bits per heavy atom. The molecule has 0 fully saturated rings. The Hall–Kier alpha value is -2.51. The zero-order chi connectivity index (χ0) is 16.9. The zero-order valence-electron chi connectivity index (χ0n) is 13.8. The summed E-state index contributed by atoms with van der Waals surface area (Å²) < 4.78 is 2.10. The maximum Gasteiger partial charge on any atom is 0.135 e. The highest BCUT2D eigenvalue weighted by Gasteiger charge is 2.23. The maximum absolute atomic E-state index is 6.21. The zero-order valence-corrected chi connectivity index (χ0v) is 14.6. The van der Waals surface area contributed by atoms with Crippen molar-refractivity contribution >= 4 is 11.6 Å². The standard InChI is InChI=1S/C19H17ClN4/c1-19(2,3)7-6-15-17-8-12-10-22-23-18(12)14-9-13(20)4-5-16(14)24(17)11-21-15/h4-5,9-11H,8H2,1-3H3,(H,22,23). The van der Waals surface area contributed by atoms with Gasteiger partial charge in [-0.1, -0.05) is 17.5 Å². The first-order valence-electron chi connectivity index (χ1n) is 7.84. The van der Waals surface area contributed by atoms with E-state index in [1.165, 1.54) is 0 Å². The molecule has 3 heterocycles. The van der Waals surface area contributed by atoms with E-state index in [1.54, 1.807) is 0 Å². The molecule has 0 saturated heterocycles. The summed E-state index contributed by atoms with van der Waals surface area (Å²) in [5, 5.41) is 8.02. The molecule has 0 atom stereocenters. The second kappa shape index (κ2) is 5.25. The molecule has 4 nitrogen and oxygen atoms in total. The molecule has 1 aliphatic rings. The first-order chi connectivity index (χ1) is 11.4. The molecule has 4 rings (SSSR count). The number of aromatic amines is 1. The minimum atomic E-state index is -0.0620. The summed E-state index contributed by atoms with van der Waals surface area (Å²) >= 11 is 6.21. The molecule has 24 heavy (non-hydrogen) atoms. The molecule has 120 valence electrons. The van der Waals surface area contributed by atoms with E-state index in [0.717, 1.165) is 40.3 Å². The highest BCUT2D eigenvalue weighted by Crippen LogP contribution is 2.36. The Morgan fingerprint density at radius 3 is 2.92 bits per heavy atom. The fourth-order valence-electron chi connectivity index (χ4n) is 2.88. The molecule has 2 aromatic heterocycles. The van der Waals surface area contributed by atoms with Gasteiger partial charge in [0.2, 0.25) is 0 Å². The number of rotatable bonds is 0. The second-order valence-electron chi connectivity index (χ2n) is 7.02. The minimum absolute atomic E-state index is 0.0620. The third-order valence-electron chi connectivity index (χ3n) is 3.99. The van der Waals surface area contributed by atoms with Gasteiger partial charge in [-0.15, -0.1) is 0 Å². The molecule has 1 N–H and O–H groups in total. The normalized spacial score (nSPS) is 12.5. The van der Waals surface area contributed by atoms with E-state index in [1.807, 2.05) is 30.7 Å². The summed E-state index contributed by atoms with van der Waals surface area (Å²) in [6.45, 7) is 6.29. The lowest BCUT2D eigenvalue weighted by Gasteiger charge is -2.09. The van der Waals surface area contributed by atoms with Gasteiger partial charge in [0.15, 0.2) is 0 Å². The third-order valence-corrected chi connectivity index (χ3v) is 4.22. The highest BCUT2D eigenvalue weighted by atomic mass is 35.5. The molecule has 5 heteroatoms. The molecular weight excluding hydrogens is 320 g/mol. The van der Waals surface area contributed by atoms with Crippen molar-refractivity contribution in [3.63, 3.8) is 0 Å². The van der Waals surface area contributed by atoms with Gasteiger partial charge in [0, 0.05) is 28.0 Å². The van der Waals surface area contributed by atoms with Crippen LogP contribution in [0.15, 0.2) is 30.7 Å². The van der Waals surface area contributed by atoms with E-state index in [4.69, 9.17) is 11.6 Å². The molecule has 1 aliphatic heterocycles. The molecule has 0 bridgehead atoms. The van der Waals surface area contributed by atoms with Gasteiger partial charge in [0.25, 0.3) is 0 Å². The first-order valence-corrected chi connectivity index (χ1v) is 8.22. The van der Waals surface area contributed by atoms with Crippen molar-refractivity contribution in [2.45, 2.75) is 27.2 Å². The van der Waals surface area contributed by atoms with Crippen molar-refractivity contribution in [3.05, 3.63) is 52.7 Å². The van der Waals surface area contributed by atoms with Crippen molar-refractivity contribution < 1.29 is 0 Å². The fourth-order valence-corrected chi connectivity index (χ4v) is 3.05. The lowest BCUT2D eigenvalue weighted by atomic mass is 9.97. The number of imidazole rings is 1.